The highest BCUT2D eigenvalue weighted by molar-refractivity contribution is 5.98. The highest BCUT2D eigenvalue weighted by Crippen LogP contribution is 2.35. The Morgan fingerprint density at radius 1 is 1.00 bits per heavy atom. The van der Waals surface area contributed by atoms with Gasteiger partial charge in [0, 0.05) is 58.8 Å². The molecule has 1 N–H and O–H groups in total. The van der Waals surface area contributed by atoms with Gasteiger partial charge in [0.25, 0.3) is 0 Å². The van der Waals surface area contributed by atoms with E-state index in [0.717, 1.165) is 62.5 Å². The van der Waals surface area contributed by atoms with Gasteiger partial charge in [0.2, 0.25) is 5.91 Å². The van der Waals surface area contributed by atoms with Crippen molar-refractivity contribution in [2.24, 2.45) is 0 Å². The molecule has 0 bridgehead atoms. The Balaban J connectivity index is 1.36. The van der Waals surface area contributed by atoms with E-state index >= 15 is 0 Å². The molecule has 10 nitrogen and oxygen atoms in total. The number of carbonyl (C=O) groups is 2. The average molecular weight is 552 g/mol. The first kappa shape index (κ1) is 28.0. The average Bonchev–Trinajstić information content (AvgIpc) is 3.20. The Labute approximate surface area is 234 Å². The summed E-state index contributed by atoms with van der Waals surface area (Å²) in [5, 5.41) is 15.5. The third kappa shape index (κ3) is 5.95. The van der Waals surface area contributed by atoms with Crippen molar-refractivity contribution in [3.05, 3.63) is 47.5 Å². The van der Waals surface area contributed by atoms with Gasteiger partial charge in [0.15, 0.2) is 11.3 Å². The van der Waals surface area contributed by atoms with Gasteiger partial charge in [-0.25, -0.2) is 18.9 Å². The Morgan fingerprint density at radius 3 is 2.40 bits per heavy atom. The van der Waals surface area contributed by atoms with Gasteiger partial charge in [0.05, 0.1) is 22.5 Å². The number of aromatic carboxylic acids is 1. The predicted octanol–water partition coefficient (Wildman–Crippen LogP) is 3.06. The van der Waals surface area contributed by atoms with Crippen LogP contribution in [-0.2, 0) is 4.79 Å². The lowest BCUT2D eigenvalue weighted by molar-refractivity contribution is -0.131. The normalized spacial score (nSPS) is 17.5. The smallest absolute Gasteiger partial charge is 0.354 e. The van der Waals surface area contributed by atoms with E-state index in [0.29, 0.717) is 37.4 Å². The fraction of sp³-hybridized carbons (Fsp3) is 0.517. The number of pyridine rings is 1. The maximum Gasteiger partial charge on any atom is 0.354 e. The number of aromatic nitrogens is 3. The van der Waals surface area contributed by atoms with Crippen LogP contribution in [-0.4, -0.2) is 112 Å². The van der Waals surface area contributed by atoms with Crippen molar-refractivity contribution in [1.82, 2.24) is 29.5 Å². The number of anilines is 1. The molecule has 0 spiro atoms. The van der Waals surface area contributed by atoms with Crippen molar-refractivity contribution in [3.63, 3.8) is 0 Å². The zero-order valence-electron chi connectivity index (χ0n) is 23.5. The number of hydrogen-bond acceptors (Lipinski definition) is 7. The maximum atomic E-state index is 13.6. The molecule has 3 aromatic rings. The fourth-order valence-electron chi connectivity index (χ4n) is 5.57. The topological polar surface area (TPSA) is 98.0 Å². The van der Waals surface area contributed by atoms with Crippen LogP contribution < -0.4 is 4.90 Å². The summed E-state index contributed by atoms with van der Waals surface area (Å²) < 4.78 is 15.2. The van der Waals surface area contributed by atoms with Crippen LogP contribution in [0.2, 0.25) is 0 Å². The van der Waals surface area contributed by atoms with Crippen molar-refractivity contribution >= 4 is 28.6 Å². The zero-order valence-corrected chi connectivity index (χ0v) is 23.5. The number of amides is 1. The summed E-state index contributed by atoms with van der Waals surface area (Å²) in [6.45, 7) is 11.3. The second kappa shape index (κ2) is 11.9. The number of carboxylic acids is 1. The summed E-state index contributed by atoms with van der Waals surface area (Å²) in [4.78, 5) is 38.2. The van der Waals surface area contributed by atoms with Gasteiger partial charge in [-0.1, -0.05) is 13.8 Å². The van der Waals surface area contributed by atoms with Crippen molar-refractivity contribution < 1.29 is 19.1 Å². The molecule has 2 aliphatic rings. The lowest BCUT2D eigenvalue weighted by atomic mass is 10.0. The molecule has 2 aliphatic heterocycles. The minimum atomic E-state index is -1.11. The Morgan fingerprint density at radius 2 is 1.73 bits per heavy atom. The number of halogens is 1. The molecule has 0 saturated carbocycles. The predicted molar refractivity (Wildman–Crippen MR) is 152 cm³/mol. The van der Waals surface area contributed by atoms with E-state index in [4.69, 9.17) is 5.10 Å². The van der Waals surface area contributed by atoms with Crippen LogP contribution in [0, 0.1) is 5.82 Å². The molecule has 1 amide bonds. The highest BCUT2D eigenvalue weighted by Gasteiger charge is 2.27. The molecule has 0 atom stereocenters. The van der Waals surface area contributed by atoms with Crippen LogP contribution in [0.5, 0.6) is 0 Å². The van der Waals surface area contributed by atoms with Crippen molar-refractivity contribution in [2.45, 2.75) is 32.6 Å². The zero-order chi connectivity index (χ0) is 28.4. The molecule has 4 heterocycles. The summed E-state index contributed by atoms with van der Waals surface area (Å²) in [7, 11) is 2.10. The van der Waals surface area contributed by atoms with Crippen LogP contribution in [0.3, 0.4) is 0 Å². The van der Waals surface area contributed by atoms with Crippen LogP contribution in [0.15, 0.2) is 30.3 Å². The standard InChI is InChI=1S/C29H38FN7O3/c1-20(2)27-26-24(19-23(29(39)40)31-28(26)37(32-27)22-7-5-21(30)6-8-22)35-17-14-34(15-18-35)12-9-25(38)36-11-4-10-33(3)13-16-36/h5-8,19-20H,4,9-18H2,1-3H3,(H,39,40). The largest absolute Gasteiger partial charge is 0.477 e. The van der Waals surface area contributed by atoms with Gasteiger partial charge in [0.1, 0.15) is 5.82 Å². The summed E-state index contributed by atoms with van der Waals surface area (Å²) in [5.41, 5.74) is 2.61. The van der Waals surface area contributed by atoms with Gasteiger partial charge < -0.3 is 19.8 Å². The number of rotatable bonds is 7. The summed E-state index contributed by atoms with van der Waals surface area (Å²) in [6.07, 6.45) is 1.52. The number of piperazine rings is 1. The second-order valence-electron chi connectivity index (χ2n) is 11.1. The summed E-state index contributed by atoms with van der Waals surface area (Å²) >= 11 is 0. The molecular formula is C29H38FN7O3. The lowest BCUT2D eigenvalue weighted by Gasteiger charge is -2.36. The van der Waals surface area contributed by atoms with E-state index < -0.39 is 5.97 Å². The fourth-order valence-corrected chi connectivity index (χ4v) is 5.57. The molecule has 1 aromatic carbocycles. The molecule has 0 aliphatic carbocycles. The number of carbonyl (C=O) groups excluding carboxylic acids is 1. The lowest BCUT2D eigenvalue weighted by Crippen LogP contribution is -2.47. The van der Waals surface area contributed by atoms with Gasteiger partial charge in [-0.15, -0.1) is 0 Å². The van der Waals surface area contributed by atoms with Crippen molar-refractivity contribution in [2.75, 3.05) is 70.9 Å². The SMILES string of the molecule is CC(C)c1nn(-c2ccc(F)cc2)c2nc(C(=O)O)cc(N3CCN(CCC(=O)N4CCCN(C)CC4)CC3)c12. The Kier molecular flexibility index (Phi) is 8.32. The van der Waals surface area contributed by atoms with Crippen LogP contribution in [0.25, 0.3) is 16.7 Å². The maximum absolute atomic E-state index is 13.6. The van der Waals surface area contributed by atoms with E-state index in [1.54, 1.807) is 22.9 Å². The van der Waals surface area contributed by atoms with E-state index in [1.165, 1.54) is 12.1 Å². The highest BCUT2D eigenvalue weighted by atomic mass is 19.1. The third-order valence-electron chi connectivity index (χ3n) is 7.91. The van der Waals surface area contributed by atoms with E-state index in [9.17, 15) is 19.1 Å². The molecule has 0 radical (unpaired) electrons. The van der Waals surface area contributed by atoms with Gasteiger partial charge >= 0.3 is 5.97 Å². The Hall–Kier alpha value is -3.57. The molecule has 2 saturated heterocycles. The minimum Gasteiger partial charge on any atom is -0.477 e. The number of nitrogens with zero attached hydrogens (tertiary/aromatic N) is 7. The minimum absolute atomic E-state index is 0.0582. The first-order chi connectivity index (χ1) is 19.2. The second-order valence-corrected chi connectivity index (χ2v) is 11.1. The van der Waals surface area contributed by atoms with E-state index in [-0.39, 0.29) is 23.3 Å². The van der Waals surface area contributed by atoms with E-state index in [2.05, 4.69) is 26.7 Å². The molecule has 11 heteroatoms. The van der Waals surface area contributed by atoms with Crippen molar-refractivity contribution in [1.29, 1.82) is 0 Å². The first-order valence-electron chi connectivity index (χ1n) is 14.1. The summed E-state index contributed by atoms with van der Waals surface area (Å²) in [5.74, 6) is -1.19. The van der Waals surface area contributed by atoms with Gasteiger partial charge in [-0.3, -0.25) is 9.69 Å². The quantitative estimate of drug-likeness (QED) is 0.479. The van der Waals surface area contributed by atoms with Gasteiger partial charge in [-0.2, -0.15) is 5.10 Å². The van der Waals surface area contributed by atoms with Crippen LogP contribution in [0.1, 0.15) is 48.8 Å². The number of hydrogen-bond donors (Lipinski definition) is 1. The van der Waals surface area contributed by atoms with Crippen LogP contribution >= 0.6 is 0 Å². The van der Waals surface area contributed by atoms with Crippen molar-refractivity contribution in [3.8, 4) is 5.69 Å². The molecular weight excluding hydrogens is 513 g/mol. The number of likely N-dealkylation sites (N-methyl/N-ethyl adjacent to an activating group) is 1. The molecule has 2 fully saturated rings. The molecule has 0 unspecified atom stereocenters. The number of benzene rings is 1. The summed E-state index contributed by atoms with van der Waals surface area (Å²) in [6, 6.07) is 7.59. The number of fused-ring (bicyclic) bond motifs is 1. The third-order valence-corrected chi connectivity index (χ3v) is 7.91. The molecule has 40 heavy (non-hydrogen) atoms. The van der Waals surface area contributed by atoms with Gasteiger partial charge in [-0.05, 0) is 56.3 Å². The Bertz CT molecular complexity index is 1370. The molecule has 214 valence electrons. The molecule has 5 rings (SSSR count). The number of carboxylic acid groups (broad SMARTS) is 1. The van der Waals surface area contributed by atoms with Crippen LogP contribution in [0.4, 0.5) is 10.1 Å². The monoisotopic (exact) mass is 551 g/mol. The molecule has 2 aromatic heterocycles. The van der Waals surface area contributed by atoms with E-state index in [1.807, 2.05) is 18.7 Å². The first-order valence-corrected chi connectivity index (χ1v) is 14.1.